The van der Waals surface area contributed by atoms with Crippen LogP contribution in [0.3, 0.4) is 0 Å². The Bertz CT molecular complexity index is 641. The summed E-state index contributed by atoms with van der Waals surface area (Å²) in [6.07, 6.45) is 0. The van der Waals surface area contributed by atoms with Crippen LogP contribution in [0.1, 0.15) is 13.8 Å². The molecule has 2 amide bonds. The molecule has 0 aromatic heterocycles. The Morgan fingerprint density at radius 1 is 1.26 bits per heavy atom. The molecule has 0 aliphatic carbocycles. The molecule has 0 fully saturated rings. The molecule has 0 unspecified atom stereocenters. The normalized spacial score (nSPS) is 17.4. The van der Waals surface area contributed by atoms with Crippen LogP contribution in [0.4, 0.5) is 4.79 Å². The van der Waals surface area contributed by atoms with E-state index in [1.807, 2.05) is 0 Å². The molecular formula is C15H16Cl2N2O4. The third-order valence-electron chi connectivity index (χ3n) is 3.08. The lowest BCUT2D eigenvalue weighted by Crippen LogP contribution is -2.50. The van der Waals surface area contributed by atoms with Crippen LogP contribution in [0.5, 0.6) is 5.75 Å². The van der Waals surface area contributed by atoms with Crippen LogP contribution in [0, 0.1) is 0 Å². The quantitative estimate of drug-likeness (QED) is 0.793. The summed E-state index contributed by atoms with van der Waals surface area (Å²) >= 11 is 11.8. The molecule has 0 radical (unpaired) electrons. The summed E-state index contributed by atoms with van der Waals surface area (Å²) in [6, 6.07) is 3.86. The van der Waals surface area contributed by atoms with E-state index in [2.05, 4.69) is 10.6 Å². The number of halogens is 2. The molecule has 23 heavy (non-hydrogen) atoms. The van der Waals surface area contributed by atoms with E-state index >= 15 is 0 Å². The number of benzene rings is 1. The van der Waals surface area contributed by atoms with E-state index in [9.17, 15) is 9.59 Å². The molecule has 0 saturated heterocycles. The van der Waals surface area contributed by atoms with E-state index in [1.54, 1.807) is 32.0 Å². The van der Waals surface area contributed by atoms with E-state index in [-0.39, 0.29) is 13.2 Å². The van der Waals surface area contributed by atoms with Gasteiger partial charge in [-0.15, -0.1) is 0 Å². The van der Waals surface area contributed by atoms with Gasteiger partial charge in [0, 0.05) is 10.0 Å². The van der Waals surface area contributed by atoms with Crippen LogP contribution in [-0.2, 0) is 9.53 Å². The Labute approximate surface area is 143 Å². The van der Waals surface area contributed by atoms with Gasteiger partial charge in [-0.2, -0.15) is 0 Å². The van der Waals surface area contributed by atoms with E-state index in [0.717, 1.165) is 0 Å². The van der Waals surface area contributed by atoms with E-state index in [4.69, 9.17) is 32.7 Å². The van der Waals surface area contributed by atoms with Crippen molar-refractivity contribution in [2.45, 2.75) is 19.9 Å². The minimum Gasteiger partial charge on any atom is -0.487 e. The van der Waals surface area contributed by atoms with Crippen molar-refractivity contribution in [1.29, 1.82) is 0 Å². The number of amides is 2. The molecule has 124 valence electrons. The number of ether oxygens (including phenoxy) is 2. The van der Waals surface area contributed by atoms with Crippen molar-refractivity contribution in [3.63, 3.8) is 0 Å². The maximum Gasteiger partial charge on any atom is 0.338 e. The van der Waals surface area contributed by atoms with Crippen molar-refractivity contribution in [3.05, 3.63) is 39.5 Å². The van der Waals surface area contributed by atoms with Crippen molar-refractivity contribution in [1.82, 2.24) is 10.6 Å². The first-order chi connectivity index (χ1) is 10.9. The molecule has 1 heterocycles. The fourth-order valence-electron chi connectivity index (χ4n) is 2.16. The van der Waals surface area contributed by atoms with Gasteiger partial charge >= 0.3 is 12.0 Å². The predicted molar refractivity (Wildman–Crippen MR) is 86.7 cm³/mol. The molecular weight excluding hydrogens is 343 g/mol. The molecule has 0 saturated carbocycles. The number of nitrogens with one attached hydrogen (secondary N) is 2. The zero-order valence-corrected chi connectivity index (χ0v) is 14.1. The summed E-state index contributed by atoms with van der Waals surface area (Å²) in [6.45, 7) is 3.62. The third-order valence-corrected chi connectivity index (χ3v) is 3.52. The molecule has 1 atom stereocenters. The van der Waals surface area contributed by atoms with Gasteiger partial charge in [-0.1, -0.05) is 23.2 Å². The maximum atomic E-state index is 12.1. The zero-order valence-electron chi connectivity index (χ0n) is 12.6. The Morgan fingerprint density at radius 3 is 2.52 bits per heavy atom. The molecule has 6 nitrogen and oxygen atoms in total. The van der Waals surface area contributed by atoms with Gasteiger partial charge in [0.05, 0.1) is 23.9 Å². The second-order valence-electron chi connectivity index (χ2n) is 4.83. The van der Waals surface area contributed by atoms with Crippen LogP contribution in [0.2, 0.25) is 10.0 Å². The highest BCUT2D eigenvalue weighted by atomic mass is 35.5. The van der Waals surface area contributed by atoms with Crippen molar-refractivity contribution in [3.8, 4) is 5.75 Å². The van der Waals surface area contributed by atoms with Gasteiger partial charge in [-0.25, -0.2) is 9.59 Å². The molecule has 1 aromatic rings. The van der Waals surface area contributed by atoms with Gasteiger partial charge in [0.2, 0.25) is 0 Å². The summed E-state index contributed by atoms with van der Waals surface area (Å²) in [5.41, 5.74) is 0.662. The summed E-state index contributed by atoms with van der Waals surface area (Å²) in [4.78, 5) is 23.7. The Balaban J connectivity index is 2.22. The number of rotatable bonds is 5. The minimum absolute atomic E-state index is 0.0252. The Kier molecular flexibility index (Phi) is 5.74. The van der Waals surface area contributed by atoms with Gasteiger partial charge in [0.15, 0.2) is 0 Å². The summed E-state index contributed by atoms with van der Waals surface area (Å²) in [5, 5.41) is 6.03. The van der Waals surface area contributed by atoms with Crippen LogP contribution in [0.25, 0.3) is 0 Å². The van der Waals surface area contributed by atoms with E-state index in [0.29, 0.717) is 27.1 Å². The number of esters is 1. The van der Waals surface area contributed by atoms with Crippen LogP contribution in [0.15, 0.2) is 29.5 Å². The molecule has 2 rings (SSSR count). The second kappa shape index (κ2) is 7.57. The second-order valence-corrected chi connectivity index (χ2v) is 5.70. The highest BCUT2D eigenvalue weighted by Crippen LogP contribution is 2.25. The zero-order chi connectivity index (χ0) is 17.0. The first-order valence-electron chi connectivity index (χ1n) is 6.97. The molecule has 0 spiro atoms. The van der Waals surface area contributed by atoms with Gasteiger partial charge in [-0.3, -0.25) is 0 Å². The third kappa shape index (κ3) is 4.53. The fraction of sp³-hybridized carbons (Fsp3) is 0.333. The first kappa shape index (κ1) is 17.4. The van der Waals surface area contributed by atoms with Crippen LogP contribution >= 0.6 is 23.2 Å². The van der Waals surface area contributed by atoms with Crippen molar-refractivity contribution >= 4 is 35.2 Å². The molecule has 2 N–H and O–H groups in total. The largest absolute Gasteiger partial charge is 0.487 e. The SMILES string of the molecule is CCOC(=O)C1=C(COc2cc(Cl)cc(Cl)c2)NC(=O)N[C@@H]1C. The number of carbonyl (C=O) groups is 2. The molecule has 1 aromatic carbocycles. The monoisotopic (exact) mass is 358 g/mol. The fourth-order valence-corrected chi connectivity index (χ4v) is 2.67. The van der Waals surface area contributed by atoms with Gasteiger partial charge in [-0.05, 0) is 32.0 Å². The smallest absolute Gasteiger partial charge is 0.338 e. The summed E-state index contributed by atoms with van der Waals surface area (Å²) in [7, 11) is 0. The molecule has 0 bridgehead atoms. The van der Waals surface area contributed by atoms with Gasteiger partial charge < -0.3 is 20.1 Å². The van der Waals surface area contributed by atoms with Gasteiger partial charge in [0.25, 0.3) is 0 Å². The molecule has 1 aliphatic rings. The molecule has 1 aliphatic heterocycles. The van der Waals surface area contributed by atoms with Crippen molar-refractivity contribution < 1.29 is 19.1 Å². The van der Waals surface area contributed by atoms with Crippen molar-refractivity contribution in [2.75, 3.05) is 13.2 Å². The number of urea groups is 1. The Morgan fingerprint density at radius 2 is 1.91 bits per heavy atom. The predicted octanol–water partition coefficient (Wildman–Crippen LogP) is 2.89. The van der Waals surface area contributed by atoms with Crippen LogP contribution in [-0.4, -0.2) is 31.3 Å². The van der Waals surface area contributed by atoms with Gasteiger partial charge in [0.1, 0.15) is 12.4 Å². The number of carbonyl (C=O) groups excluding carboxylic acids is 2. The lowest BCUT2D eigenvalue weighted by molar-refractivity contribution is -0.139. The minimum atomic E-state index is -0.504. The van der Waals surface area contributed by atoms with E-state index < -0.39 is 18.0 Å². The first-order valence-corrected chi connectivity index (χ1v) is 7.73. The lowest BCUT2D eigenvalue weighted by Gasteiger charge is -2.26. The standard InChI is InChI=1S/C15H16Cl2N2O4/c1-3-22-14(20)13-8(2)18-15(21)19-12(13)7-23-11-5-9(16)4-10(17)6-11/h4-6,8H,3,7H2,1-2H3,(H2,18,19,21)/t8-/m1/s1. The lowest BCUT2D eigenvalue weighted by atomic mass is 10.0. The maximum absolute atomic E-state index is 12.1. The van der Waals surface area contributed by atoms with E-state index in [1.165, 1.54) is 0 Å². The molecule has 8 heteroatoms. The summed E-state index contributed by atoms with van der Waals surface area (Å²) < 4.78 is 10.6. The van der Waals surface area contributed by atoms with Crippen molar-refractivity contribution in [2.24, 2.45) is 0 Å². The topological polar surface area (TPSA) is 76.7 Å². The summed E-state index contributed by atoms with van der Waals surface area (Å²) in [5.74, 6) is -0.0751. The van der Waals surface area contributed by atoms with Crippen LogP contribution < -0.4 is 15.4 Å². The highest BCUT2D eigenvalue weighted by Gasteiger charge is 2.29. The average molecular weight is 359 g/mol. The Hall–Kier alpha value is -1.92. The average Bonchev–Trinajstić information content (AvgIpc) is 2.43. The number of hydrogen-bond donors (Lipinski definition) is 2. The highest BCUT2D eigenvalue weighted by molar-refractivity contribution is 6.34. The number of hydrogen-bond acceptors (Lipinski definition) is 4.